The van der Waals surface area contributed by atoms with E-state index in [4.69, 9.17) is 5.26 Å². The lowest BCUT2D eigenvalue weighted by molar-refractivity contribution is 0.632. The van der Waals surface area contributed by atoms with Gasteiger partial charge in [-0.25, -0.2) is 4.39 Å². The second-order valence-corrected chi connectivity index (χ2v) is 6.15. The van der Waals surface area contributed by atoms with Gasteiger partial charge < -0.3 is 0 Å². The highest BCUT2D eigenvalue weighted by molar-refractivity contribution is 5.84. The molecule has 0 bridgehead atoms. The lowest BCUT2D eigenvalue weighted by Gasteiger charge is -2.12. The topological polar surface area (TPSA) is 23.8 Å². The summed E-state index contributed by atoms with van der Waals surface area (Å²) < 4.78 is 14.6. The Morgan fingerprint density at radius 1 is 0.880 bits per heavy atom. The fourth-order valence-corrected chi connectivity index (χ4v) is 3.00. The summed E-state index contributed by atoms with van der Waals surface area (Å²) in [5.74, 6) is -0.253. The van der Waals surface area contributed by atoms with E-state index in [1.807, 2.05) is 6.07 Å². The highest BCUT2D eigenvalue weighted by Gasteiger charge is 2.12. The molecule has 0 fully saturated rings. The fourth-order valence-electron chi connectivity index (χ4n) is 3.00. The van der Waals surface area contributed by atoms with Crippen molar-refractivity contribution in [3.63, 3.8) is 0 Å². The van der Waals surface area contributed by atoms with Crippen LogP contribution in [0.3, 0.4) is 0 Å². The van der Waals surface area contributed by atoms with Gasteiger partial charge in [0.2, 0.25) is 0 Å². The molecule has 2 heteroatoms. The Morgan fingerprint density at radius 3 is 2.20 bits per heavy atom. The first-order valence-corrected chi connectivity index (χ1v) is 8.61. The van der Waals surface area contributed by atoms with Crippen molar-refractivity contribution >= 4 is 0 Å². The van der Waals surface area contributed by atoms with Crippen LogP contribution >= 0.6 is 0 Å². The number of unbranched alkanes of at least 4 members (excludes halogenated alkanes) is 1. The minimum atomic E-state index is -0.253. The molecule has 3 aromatic carbocycles. The van der Waals surface area contributed by atoms with Gasteiger partial charge in [0.25, 0.3) is 0 Å². The Balaban J connectivity index is 2.02. The van der Waals surface area contributed by atoms with Crippen LogP contribution in [-0.2, 0) is 6.42 Å². The summed E-state index contributed by atoms with van der Waals surface area (Å²) in [5.41, 5.74) is 5.10. The summed E-state index contributed by atoms with van der Waals surface area (Å²) in [6.45, 7) is 2.19. The van der Waals surface area contributed by atoms with Crippen molar-refractivity contribution in [2.75, 3.05) is 0 Å². The molecule has 0 aliphatic rings. The standard InChI is InChI=1S/C23H20FN/c1-2-3-5-17-8-12-19(13-9-17)21-6-4-7-22(24)23(21)20-14-10-18(16-25)11-15-20/h4,6-15H,2-3,5H2,1H3. The SMILES string of the molecule is CCCCc1ccc(-c2cccc(F)c2-c2ccc(C#N)cc2)cc1. The van der Waals surface area contributed by atoms with Gasteiger partial charge in [0.1, 0.15) is 5.82 Å². The molecule has 0 unspecified atom stereocenters. The molecule has 0 amide bonds. The molecule has 1 nitrogen and oxygen atoms in total. The Labute approximate surface area is 148 Å². The van der Waals surface area contributed by atoms with Crippen LogP contribution in [0.25, 0.3) is 22.3 Å². The summed E-state index contributed by atoms with van der Waals surface area (Å²) in [5, 5.41) is 8.95. The van der Waals surface area contributed by atoms with Crippen LogP contribution in [0.5, 0.6) is 0 Å². The zero-order valence-corrected chi connectivity index (χ0v) is 14.3. The third kappa shape index (κ3) is 3.78. The van der Waals surface area contributed by atoms with E-state index in [9.17, 15) is 4.39 Å². The lowest BCUT2D eigenvalue weighted by atomic mass is 9.93. The molecule has 0 heterocycles. The molecule has 0 atom stereocenters. The predicted molar refractivity (Wildman–Crippen MR) is 101 cm³/mol. The van der Waals surface area contributed by atoms with Crippen LogP contribution < -0.4 is 0 Å². The van der Waals surface area contributed by atoms with Crippen molar-refractivity contribution < 1.29 is 4.39 Å². The van der Waals surface area contributed by atoms with Crippen molar-refractivity contribution in [3.05, 3.63) is 83.7 Å². The normalized spacial score (nSPS) is 10.4. The van der Waals surface area contributed by atoms with Gasteiger partial charge in [-0.1, -0.05) is 61.9 Å². The van der Waals surface area contributed by atoms with E-state index in [0.29, 0.717) is 11.1 Å². The Kier molecular flexibility index (Phi) is 5.26. The van der Waals surface area contributed by atoms with Gasteiger partial charge >= 0.3 is 0 Å². The van der Waals surface area contributed by atoms with E-state index in [1.165, 1.54) is 24.5 Å². The largest absolute Gasteiger partial charge is 0.206 e. The van der Waals surface area contributed by atoms with E-state index in [-0.39, 0.29) is 5.82 Å². The predicted octanol–water partition coefficient (Wildman–Crippen LogP) is 6.37. The van der Waals surface area contributed by atoms with Gasteiger partial charge in [-0.05, 0) is 53.3 Å². The minimum Gasteiger partial charge on any atom is -0.206 e. The summed E-state index contributed by atoms with van der Waals surface area (Å²) in [6, 6.07) is 22.7. The third-order valence-electron chi connectivity index (χ3n) is 4.40. The number of nitrogens with zero attached hydrogens (tertiary/aromatic N) is 1. The molecule has 124 valence electrons. The maximum Gasteiger partial charge on any atom is 0.131 e. The highest BCUT2D eigenvalue weighted by Crippen LogP contribution is 2.34. The highest BCUT2D eigenvalue weighted by atomic mass is 19.1. The monoisotopic (exact) mass is 329 g/mol. The number of hydrogen-bond acceptors (Lipinski definition) is 1. The van der Waals surface area contributed by atoms with Gasteiger partial charge in [-0.3, -0.25) is 0 Å². The van der Waals surface area contributed by atoms with Crippen molar-refractivity contribution in [2.45, 2.75) is 26.2 Å². The summed E-state index contributed by atoms with van der Waals surface area (Å²) >= 11 is 0. The fraction of sp³-hybridized carbons (Fsp3) is 0.174. The smallest absolute Gasteiger partial charge is 0.131 e. The number of benzene rings is 3. The van der Waals surface area contributed by atoms with Crippen molar-refractivity contribution in [1.29, 1.82) is 5.26 Å². The Hall–Kier alpha value is -2.92. The van der Waals surface area contributed by atoms with E-state index >= 15 is 0 Å². The van der Waals surface area contributed by atoms with Crippen LogP contribution in [0, 0.1) is 17.1 Å². The van der Waals surface area contributed by atoms with Crippen LogP contribution in [0.15, 0.2) is 66.7 Å². The zero-order chi connectivity index (χ0) is 17.6. The van der Waals surface area contributed by atoms with Crippen LogP contribution in [0.1, 0.15) is 30.9 Å². The van der Waals surface area contributed by atoms with Gasteiger partial charge in [-0.15, -0.1) is 0 Å². The van der Waals surface area contributed by atoms with E-state index in [1.54, 1.807) is 30.3 Å². The molecule has 3 rings (SSSR count). The lowest BCUT2D eigenvalue weighted by Crippen LogP contribution is -1.91. The molecular weight excluding hydrogens is 309 g/mol. The maximum absolute atomic E-state index is 14.6. The first kappa shape index (κ1) is 16.9. The van der Waals surface area contributed by atoms with Crippen molar-refractivity contribution in [2.24, 2.45) is 0 Å². The Morgan fingerprint density at radius 2 is 1.56 bits per heavy atom. The van der Waals surface area contributed by atoms with Crippen molar-refractivity contribution in [3.8, 4) is 28.3 Å². The average molecular weight is 329 g/mol. The average Bonchev–Trinajstić information content (AvgIpc) is 2.67. The summed E-state index contributed by atoms with van der Waals surface area (Å²) in [6.07, 6.45) is 3.42. The third-order valence-corrected chi connectivity index (χ3v) is 4.40. The molecule has 0 radical (unpaired) electrons. The number of halogens is 1. The van der Waals surface area contributed by atoms with E-state index in [0.717, 1.165) is 23.1 Å². The maximum atomic E-state index is 14.6. The number of hydrogen-bond donors (Lipinski definition) is 0. The second kappa shape index (κ2) is 7.77. The van der Waals surface area contributed by atoms with Crippen molar-refractivity contribution in [1.82, 2.24) is 0 Å². The van der Waals surface area contributed by atoms with Crippen LogP contribution in [-0.4, -0.2) is 0 Å². The first-order chi connectivity index (χ1) is 12.2. The molecule has 0 aromatic heterocycles. The summed E-state index contributed by atoms with van der Waals surface area (Å²) in [7, 11) is 0. The van der Waals surface area contributed by atoms with Gasteiger partial charge in [0.15, 0.2) is 0 Å². The number of nitriles is 1. The first-order valence-electron chi connectivity index (χ1n) is 8.61. The van der Waals surface area contributed by atoms with Gasteiger partial charge in [-0.2, -0.15) is 5.26 Å². The van der Waals surface area contributed by atoms with Crippen LogP contribution in [0.2, 0.25) is 0 Å². The quantitative estimate of drug-likeness (QED) is 0.533. The molecule has 3 aromatic rings. The minimum absolute atomic E-state index is 0.253. The van der Waals surface area contributed by atoms with Gasteiger partial charge in [0.05, 0.1) is 11.6 Å². The molecule has 0 saturated heterocycles. The van der Waals surface area contributed by atoms with E-state index < -0.39 is 0 Å². The number of rotatable bonds is 5. The van der Waals surface area contributed by atoms with Gasteiger partial charge in [0, 0.05) is 5.56 Å². The molecule has 0 aliphatic heterocycles. The molecule has 0 N–H and O–H groups in total. The Bertz CT molecular complexity index is 887. The van der Waals surface area contributed by atoms with E-state index in [2.05, 4.69) is 37.3 Å². The molecule has 0 spiro atoms. The zero-order valence-electron chi connectivity index (χ0n) is 14.3. The number of aryl methyl sites for hydroxylation is 1. The second-order valence-electron chi connectivity index (χ2n) is 6.15. The molecule has 25 heavy (non-hydrogen) atoms. The molecule has 0 saturated carbocycles. The molecule has 0 aliphatic carbocycles. The van der Waals surface area contributed by atoms with Crippen LogP contribution in [0.4, 0.5) is 4.39 Å². The molecular formula is C23H20FN. The summed E-state index contributed by atoms with van der Waals surface area (Å²) in [4.78, 5) is 0.